The zero-order valence-corrected chi connectivity index (χ0v) is 19.0. The first-order chi connectivity index (χ1) is 14.1. The van der Waals surface area contributed by atoms with Crippen LogP contribution in [0.5, 0.6) is 0 Å². The lowest BCUT2D eigenvalue weighted by molar-refractivity contribution is 0.0992. The molecule has 1 unspecified atom stereocenters. The number of hydrogen-bond acceptors (Lipinski definition) is 9. The van der Waals surface area contributed by atoms with Crippen LogP contribution in [-0.4, -0.2) is 30.4 Å². The maximum Gasteiger partial charge on any atom is 0.332 e. The number of carbonyl (C=O) groups is 1. The highest BCUT2D eigenvalue weighted by atomic mass is 35.5. The molecular weight excluding hydrogens is 448 g/mol. The van der Waals surface area contributed by atoms with Crippen LogP contribution in [0.4, 0.5) is 16.6 Å². The summed E-state index contributed by atoms with van der Waals surface area (Å²) in [4.78, 5) is 37.2. The maximum atomic E-state index is 12.9. The number of Topliss-reactive ketones (excluding diaryl/α,β-unsaturated/α-hetero) is 1. The van der Waals surface area contributed by atoms with Crippen LogP contribution in [0.1, 0.15) is 22.8 Å². The zero-order valence-electron chi connectivity index (χ0n) is 16.6. The standard InChI is InChI=1S/C18H19ClN6O3S2/c1-8-5-6-10(7-11(8)19)21-16-22-23-17(30-16)29-9(2)13(26)12-14(20)24(3)18(28)25(4)15(12)27/h5-7,9H,20H2,1-4H3,(H,21,22). The lowest BCUT2D eigenvalue weighted by Gasteiger charge is -2.13. The van der Waals surface area contributed by atoms with Gasteiger partial charge in [0.2, 0.25) is 5.13 Å². The van der Waals surface area contributed by atoms with Crippen LogP contribution in [0.3, 0.4) is 0 Å². The third-order valence-electron chi connectivity index (χ3n) is 4.43. The van der Waals surface area contributed by atoms with Gasteiger partial charge in [0, 0.05) is 24.8 Å². The SMILES string of the molecule is Cc1ccc(Nc2nnc(SC(C)C(=O)c3c(N)n(C)c(=O)n(C)c3=O)s2)cc1Cl. The normalized spacial score (nSPS) is 12.0. The van der Waals surface area contributed by atoms with Gasteiger partial charge in [-0.2, -0.15) is 0 Å². The van der Waals surface area contributed by atoms with E-state index in [1.807, 2.05) is 19.1 Å². The molecule has 9 nitrogen and oxygen atoms in total. The number of nitrogen functional groups attached to an aromatic ring is 1. The van der Waals surface area contributed by atoms with Crippen molar-refractivity contribution in [2.45, 2.75) is 23.4 Å². The Labute approximate surface area is 184 Å². The molecule has 2 aromatic heterocycles. The summed E-state index contributed by atoms with van der Waals surface area (Å²) in [7, 11) is 2.71. The summed E-state index contributed by atoms with van der Waals surface area (Å²) in [6, 6.07) is 5.55. The number of nitrogens with zero attached hydrogens (tertiary/aromatic N) is 4. The molecular formula is C18H19ClN6O3S2. The van der Waals surface area contributed by atoms with E-state index in [0.717, 1.165) is 32.1 Å². The average molecular weight is 467 g/mol. The van der Waals surface area contributed by atoms with Gasteiger partial charge in [0.05, 0.1) is 5.25 Å². The Morgan fingerprint density at radius 2 is 1.97 bits per heavy atom. The molecule has 1 aromatic carbocycles. The molecule has 1 atom stereocenters. The minimum atomic E-state index is -0.719. The minimum absolute atomic E-state index is 0.156. The molecule has 3 rings (SSSR count). The van der Waals surface area contributed by atoms with Crippen LogP contribution in [-0.2, 0) is 14.1 Å². The Kier molecular flexibility index (Phi) is 6.34. The monoisotopic (exact) mass is 466 g/mol. The van der Waals surface area contributed by atoms with Gasteiger partial charge in [0.1, 0.15) is 11.4 Å². The number of aryl methyl sites for hydroxylation is 1. The number of ketones is 1. The van der Waals surface area contributed by atoms with Crippen molar-refractivity contribution in [3.63, 3.8) is 0 Å². The van der Waals surface area contributed by atoms with Gasteiger partial charge in [0.15, 0.2) is 10.1 Å². The summed E-state index contributed by atoms with van der Waals surface area (Å²) in [6.45, 7) is 3.56. The van der Waals surface area contributed by atoms with Crippen LogP contribution in [0.25, 0.3) is 0 Å². The number of anilines is 3. The highest BCUT2D eigenvalue weighted by molar-refractivity contribution is 8.02. The van der Waals surface area contributed by atoms with Crippen molar-refractivity contribution in [3.05, 3.63) is 55.2 Å². The quantitative estimate of drug-likeness (QED) is 0.419. The van der Waals surface area contributed by atoms with Gasteiger partial charge in [0.25, 0.3) is 5.56 Å². The van der Waals surface area contributed by atoms with Gasteiger partial charge in [-0.05, 0) is 31.5 Å². The number of rotatable bonds is 6. The Bertz CT molecular complexity index is 1250. The van der Waals surface area contributed by atoms with E-state index in [0.29, 0.717) is 14.5 Å². The van der Waals surface area contributed by atoms with E-state index >= 15 is 0 Å². The van der Waals surface area contributed by atoms with E-state index in [2.05, 4.69) is 15.5 Å². The van der Waals surface area contributed by atoms with Crippen LogP contribution in [0, 0.1) is 6.92 Å². The number of carbonyl (C=O) groups excluding carboxylic acids is 1. The molecule has 30 heavy (non-hydrogen) atoms. The van der Waals surface area contributed by atoms with Gasteiger partial charge < -0.3 is 11.1 Å². The van der Waals surface area contributed by atoms with Crippen molar-refractivity contribution in [2.24, 2.45) is 14.1 Å². The smallest absolute Gasteiger partial charge is 0.332 e. The van der Waals surface area contributed by atoms with E-state index in [1.54, 1.807) is 13.0 Å². The fraction of sp³-hybridized carbons (Fsp3) is 0.278. The molecule has 0 spiro atoms. The van der Waals surface area contributed by atoms with Crippen molar-refractivity contribution >= 4 is 57.1 Å². The number of benzene rings is 1. The Hall–Kier alpha value is -2.63. The highest BCUT2D eigenvalue weighted by Crippen LogP contribution is 2.32. The fourth-order valence-electron chi connectivity index (χ4n) is 2.60. The second kappa shape index (κ2) is 8.62. The number of aromatic nitrogens is 4. The number of thioether (sulfide) groups is 1. The summed E-state index contributed by atoms with van der Waals surface area (Å²) in [5.41, 5.74) is 6.08. The highest BCUT2D eigenvalue weighted by Gasteiger charge is 2.26. The molecule has 0 saturated carbocycles. The molecule has 0 aliphatic carbocycles. The largest absolute Gasteiger partial charge is 0.384 e. The third-order valence-corrected chi connectivity index (χ3v) is 6.86. The molecule has 0 bridgehead atoms. The van der Waals surface area contributed by atoms with E-state index in [4.69, 9.17) is 17.3 Å². The number of nitrogens with two attached hydrogens (primary N) is 1. The maximum absolute atomic E-state index is 12.9. The lowest BCUT2D eigenvalue weighted by Crippen LogP contribution is -2.42. The summed E-state index contributed by atoms with van der Waals surface area (Å²) in [5, 5.41) is 11.8. The first kappa shape index (κ1) is 22.1. The van der Waals surface area contributed by atoms with Gasteiger partial charge in [-0.1, -0.05) is 40.8 Å². The average Bonchev–Trinajstić information content (AvgIpc) is 3.14. The molecule has 0 radical (unpaired) electrons. The van der Waals surface area contributed by atoms with Crippen molar-refractivity contribution in [1.82, 2.24) is 19.3 Å². The predicted octanol–water partition coefficient (Wildman–Crippen LogP) is 2.59. The van der Waals surface area contributed by atoms with Crippen LogP contribution in [0.15, 0.2) is 32.1 Å². The van der Waals surface area contributed by atoms with Crippen molar-refractivity contribution in [2.75, 3.05) is 11.1 Å². The summed E-state index contributed by atoms with van der Waals surface area (Å²) in [6.07, 6.45) is 0. The second-order valence-electron chi connectivity index (χ2n) is 6.55. The Morgan fingerprint density at radius 1 is 1.27 bits per heavy atom. The van der Waals surface area contributed by atoms with E-state index < -0.39 is 22.3 Å². The number of halogens is 1. The molecule has 0 amide bonds. The molecule has 0 fully saturated rings. The van der Waals surface area contributed by atoms with Crippen molar-refractivity contribution in [3.8, 4) is 0 Å². The lowest BCUT2D eigenvalue weighted by atomic mass is 10.1. The first-order valence-electron chi connectivity index (χ1n) is 8.73. The molecule has 0 aliphatic heterocycles. The number of nitrogens with one attached hydrogen (secondary N) is 1. The predicted molar refractivity (Wildman–Crippen MR) is 120 cm³/mol. The van der Waals surface area contributed by atoms with E-state index in [1.165, 1.54) is 25.4 Å². The van der Waals surface area contributed by atoms with Crippen LogP contribution < -0.4 is 22.3 Å². The minimum Gasteiger partial charge on any atom is -0.384 e. The topological polar surface area (TPSA) is 125 Å². The summed E-state index contributed by atoms with van der Waals surface area (Å²) in [5.74, 6) is -0.639. The molecule has 12 heteroatoms. The van der Waals surface area contributed by atoms with Gasteiger partial charge in [-0.3, -0.25) is 18.7 Å². The van der Waals surface area contributed by atoms with Crippen LogP contribution >= 0.6 is 34.7 Å². The molecule has 0 saturated heterocycles. The Balaban J connectivity index is 1.78. The molecule has 158 valence electrons. The fourth-order valence-corrected chi connectivity index (χ4v) is 4.76. The van der Waals surface area contributed by atoms with Crippen LogP contribution in [0.2, 0.25) is 5.02 Å². The van der Waals surface area contributed by atoms with Crippen molar-refractivity contribution in [1.29, 1.82) is 0 Å². The van der Waals surface area contributed by atoms with Gasteiger partial charge in [-0.25, -0.2) is 4.79 Å². The van der Waals surface area contributed by atoms with Gasteiger partial charge >= 0.3 is 5.69 Å². The molecule has 3 N–H and O–H groups in total. The summed E-state index contributed by atoms with van der Waals surface area (Å²) >= 11 is 8.55. The first-order valence-corrected chi connectivity index (χ1v) is 10.8. The van der Waals surface area contributed by atoms with Gasteiger partial charge in [-0.15, -0.1) is 10.2 Å². The third kappa shape index (κ3) is 4.27. The second-order valence-corrected chi connectivity index (χ2v) is 9.53. The molecule has 2 heterocycles. The Morgan fingerprint density at radius 3 is 2.63 bits per heavy atom. The molecule has 3 aromatic rings. The van der Waals surface area contributed by atoms with E-state index in [-0.39, 0.29) is 11.4 Å². The zero-order chi connectivity index (χ0) is 22.2. The van der Waals surface area contributed by atoms with E-state index in [9.17, 15) is 14.4 Å². The van der Waals surface area contributed by atoms with Crippen molar-refractivity contribution < 1.29 is 4.79 Å². The summed E-state index contributed by atoms with van der Waals surface area (Å²) < 4.78 is 2.48. The molecule has 0 aliphatic rings. The number of hydrogen-bond donors (Lipinski definition) is 2.